The number of carbonyl (C=O) groups excluding carboxylic acids is 2. The molecule has 0 spiro atoms. The van der Waals surface area contributed by atoms with Gasteiger partial charge in [-0.2, -0.15) is 0 Å². The normalized spacial score (nSPS) is 11.8. The standard InChI is InChI=1S/C28H24ClN3O4/c1-16(2)22-14-21(30-3)15-23-25(22)36-27(32-23)19-9-7-18(8-10-19)26(33)31-24(28(34)35-4)13-17-5-11-20(29)12-6-17/h5-12,14-16,24H,13H2,1-2,4H3,(H,31,33)/t24-/m0/s1. The van der Waals surface area contributed by atoms with Crippen LogP contribution in [0.25, 0.3) is 27.4 Å². The highest BCUT2D eigenvalue weighted by Gasteiger charge is 2.23. The van der Waals surface area contributed by atoms with E-state index in [1.807, 2.05) is 19.9 Å². The summed E-state index contributed by atoms with van der Waals surface area (Å²) in [6.45, 7) is 11.4. The molecule has 4 aromatic rings. The molecule has 0 saturated heterocycles. The lowest BCUT2D eigenvalue weighted by Gasteiger charge is -2.17. The Kier molecular flexibility index (Phi) is 7.37. The quantitative estimate of drug-likeness (QED) is 0.236. The highest BCUT2D eigenvalue weighted by molar-refractivity contribution is 6.30. The van der Waals surface area contributed by atoms with Gasteiger partial charge in [-0.15, -0.1) is 0 Å². The summed E-state index contributed by atoms with van der Waals surface area (Å²) in [5, 5.41) is 3.33. The molecule has 182 valence electrons. The number of oxazole rings is 1. The van der Waals surface area contributed by atoms with E-state index >= 15 is 0 Å². The van der Waals surface area contributed by atoms with Gasteiger partial charge in [0.2, 0.25) is 5.89 Å². The number of aromatic nitrogens is 1. The Morgan fingerprint density at radius 3 is 2.42 bits per heavy atom. The Morgan fingerprint density at radius 1 is 1.11 bits per heavy atom. The number of benzene rings is 3. The molecule has 1 N–H and O–H groups in total. The van der Waals surface area contributed by atoms with Crippen LogP contribution in [0.4, 0.5) is 5.69 Å². The summed E-state index contributed by atoms with van der Waals surface area (Å²) in [6.07, 6.45) is 0.265. The van der Waals surface area contributed by atoms with E-state index in [0.29, 0.717) is 38.8 Å². The molecule has 0 fully saturated rings. The van der Waals surface area contributed by atoms with Crippen molar-refractivity contribution in [3.05, 3.63) is 93.8 Å². The second kappa shape index (κ2) is 10.6. The Bertz CT molecular complexity index is 1450. The number of ether oxygens (including phenoxy) is 1. The van der Waals surface area contributed by atoms with Crippen molar-refractivity contribution in [1.82, 2.24) is 10.3 Å². The minimum Gasteiger partial charge on any atom is -0.467 e. The molecule has 0 unspecified atom stereocenters. The monoisotopic (exact) mass is 501 g/mol. The van der Waals surface area contributed by atoms with Crippen LogP contribution in [0.3, 0.4) is 0 Å². The number of amides is 1. The lowest BCUT2D eigenvalue weighted by atomic mass is 10.0. The van der Waals surface area contributed by atoms with Gasteiger partial charge in [0.05, 0.1) is 19.2 Å². The average Bonchev–Trinajstić information content (AvgIpc) is 3.32. The minimum atomic E-state index is -0.855. The van der Waals surface area contributed by atoms with Crippen molar-refractivity contribution in [2.24, 2.45) is 0 Å². The van der Waals surface area contributed by atoms with Crippen molar-refractivity contribution in [3.63, 3.8) is 0 Å². The van der Waals surface area contributed by atoms with Crippen LogP contribution in [0.2, 0.25) is 5.02 Å². The van der Waals surface area contributed by atoms with Crippen molar-refractivity contribution in [1.29, 1.82) is 0 Å². The van der Waals surface area contributed by atoms with Crippen molar-refractivity contribution in [2.45, 2.75) is 32.2 Å². The van der Waals surface area contributed by atoms with Crippen LogP contribution < -0.4 is 5.32 Å². The third kappa shape index (κ3) is 5.40. The Labute approximate surface area is 213 Å². The first-order valence-corrected chi connectivity index (χ1v) is 11.7. The molecule has 1 atom stereocenters. The first-order chi connectivity index (χ1) is 17.3. The predicted octanol–water partition coefficient (Wildman–Crippen LogP) is 6.34. The van der Waals surface area contributed by atoms with Crippen LogP contribution in [-0.2, 0) is 16.0 Å². The fourth-order valence-corrected chi connectivity index (χ4v) is 3.98. The molecule has 1 heterocycles. The van der Waals surface area contributed by atoms with Gasteiger partial charge < -0.3 is 14.5 Å². The van der Waals surface area contributed by atoms with Crippen LogP contribution in [0.15, 0.2) is 65.1 Å². The van der Waals surface area contributed by atoms with Crippen LogP contribution in [-0.4, -0.2) is 30.0 Å². The maximum atomic E-state index is 12.9. The van der Waals surface area contributed by atoms with Crippen molar-refractivity contribution in [3.8, 4) is 11.5 Å². The SMILES string of the molecule is [C-]#[N+]c1cc(C(C)C)c2oc(-c3ccc(C(=O)N[C@@H](Cc4ccc(Cl)cc4)C(=O)OC)cc3)nc2c1. The zero-order valence-electron chi connectivity index (χ0n) is 20.0. The second-order valence-electron chi connectivity index (χ2n) is 8.63. The van der Waals surface area contributed by atoms with Gasteiger partial charge in [-0.25, -0.2) is 14.6 Å². The van der Waals surface area contributed by atoms with E-state index in [9.17, 15) is 9.59 Å². The molecule has 0 aliphatic carbocycles. The van der Waals surface area contributed by atoms with E-state index in [1.54, 1.807) is 54.6 Å². The molecule has 7 nitrogen and oxygen atoms in total. The van der Waals surface area contributed by atoms with Crippen molar-refractivity contribution < 1.29 is 18.7 Å². The van der Waals surface area contributed by atoms with E-state index < -0.39 is 17.9 Å². The van der Waals surface area contributed by atoms with Gasteiger partial charge in [0.25, 0.3) is 5.91 Å². The van der Waals surface area contributed by atoms with Gasteiger partial charge in [-0.05, 0) is 65.6 Å². The van der Waals surface area contributed by atoms with Gasteiger partial charge in [-0.1, -0.05) is 37.6 Å². The van der Waals surface area contributed by atoms with Gasteiger partial charge in [0.15, 0.2) is 11.3 Å². The molecule has 0 saturated carbocycles. The van der Waals surface area contributed by atoms with E-state index in [2.05, 4.69) is 15.1 Å². The van der Waals surface area contributed by atoms with Crippen LogP contribution in [0.1, 0.15) is 41.3 Å². The molecule has 0 bridgehead atoms. The summed E-state index contributed by atoms with van der Waals surface area (Å²) in [5.74, 6) is -0.388. The van der Waals surface area contributed by atoms with Crippen LogP contribution in [0.5, 0.6) is 0 Å². The number of halogens is 1. The summed E-state index contributed by atoms with van der Waals surface area (Å²) in [4.78, 5) is 33.3. The summed E-state index contributed by atoms with van der Waals surface area (Å²) >= 11 is 5.93. The average molecular weight is 502 g/mol. The Hall–Kier alpha value is -4.15. The molecule has 8 heteroatoms. The van der Waals surface area contributed by atoms with E-state index in [-0.39, 0.29) is 12.3 Å². The van der Waals surface area contributed by atoms with E-state index in [4.69, 9.17) is 27.3 Å². The molecule has 0 aliphatic rings. The third-order valence-corrected chi connectivity index (χ3v) is 6.04. The Balaban J connectivity index is 1.55. The molecule has 0 aliphatic heterocycles. The first-order valence-electron chi connectivity index (χ1n) is 11.3. The van der Waals surface area contributed by atoms with Crippen LogP contribution >= 0.6 is 11.6 Å². The second-order valence-corrected chi connectivity index (χ2v) is 9.06. The fraction of sp³-hybridized carbons (Fsp3) is 0.214. The number of rotatable bonds is 7. The summed E-state index contributed by atoms with van der Waals surface area (Å²) in [6, 6.07) is 16.5. The number of hydrogen-bond acceptors (Lipinski definition) is 5. The smallest absolute Gasteiger partial charge is 0.328 e. The summed E-state index contributed by atoms with van der Waals surface area (Å²) in [5.41, 5.74) is 4.60. The largest absolute Gasteiger partial charge is 0.467 e. The van der Waals surface area contributed by atoms with Crippen LogP contribution in [0, 0.1) is 6.57 Å². The number of fused-ring (bicyclic) bond motifs is 1. The van der Waals surface area contributed by atoms with Crippen molar-refractivity contribution >= 4 is 40.3 Å². The van der Waals surface area contributed by atoms with Gasteiger partial charge in [0.1, 0.15) is 6.04 Å². The lowest BCUT2D eigenvalue weighted by Crippen LogP contribution is -2.43. The molecule has 3 aromatic carbocycles. The number of methoxy groups -OCH3 is 1. The van der Waals surface area contributed by atoms with E-state index in [0.717, 1.165) is 11.1 Å². The number of nitrogens with one attached hydrogen (secondary N) is 1. The topological polar surface area (TPSA) is 85.8 Å². The highest BCUT2D eigenvalue weighted by Crippen LogP contribution is 2.34. The molecule has 0 radical (unpaired) electrons. The van der Waals surface area contributed by atoms with Gasteiger partial charge in [-0.3, -0.25) is 4.79 Å². The molecular weight excluding hydrogens is 478 g/mol. The van der Waals surface area contributed by atoms with Gasteiger partial charge in [0, 0.05) is 22.6 Å². The van der Waals surface area contributed by atoms with Crippen molar-refractivity contribution in [2.75, 3.05) is 7.11 Å². The Morgan fingerprint density at radius 2 is 1.81 bits per heavy atom. The number of carbonyl (C=O) groups is 2. The maximum Gasteiger partial charge on any atom is 0.328 e. The fourth-order valence-electron chi connectivity index (χ4n) is 3.86. The molecule has 36 heavy (non-hydrogen) atoms. The number of esters is 1. The molecule has 1 amide bonds. The lowest BCUT2D eigenvalue weighted by molar-refractivity contribution is -0.142. The minimum absolute atomic E-state index is 0.164. The zero-order chi connectivity index (χ0) is 25.8. The predicted molar refractivity (Wildman–Crippen MR) is 138 cm³/mol. The highest BCUT2D eigenvalue weighted by atomic mass is 35.5. The van der Waals surface area contributed by atoms with E-state index in [1.165, 1.54) is 7.11 Å². The summed E-state index contributed by atoms with van der Waals surface area (Å²) in [7, 11) is 1.28. The molecule has 4 rings (SSSR count). The molecular formula is C28H24ClN3O4. The zero-order valence-corrected chi connectivity index (χ0v) is 20.8. The number of hydrogen-bond donors (Lipinski definition) is 1. The van der Waals surface area contributed by atoms with Gasteiger partial charge >= 0.3 is 5.97 Å². The number of nitrogens with zero attached hydrogens (tertiary/aromatic N) is 2. The molecule has 1 aromatic heterocycles. The summed E-state index contributed by atoms with van der Waals surface area (Å²) < 4.78 is 10.9. The first kappa shape index (κ1) is 25.0. The maximum absolute atomic E-state index is 12.9. The third-order valence-electron chi connectivity index (χ3n) is 5.79.